The van der Waals surface area contributed by atoms with E-state index in [0.29, 0.717) is 6.54 Å². The number of halogens is 2. The van der Waals surface area contributed by atoms with Gasteiger partial charge in [0.05, 0.1) is 6.54 Å². The summed E-state index contributed by atoms with van der Waals surface area (Å²) in [5.74, 6) is 0. The molecule has 0 aliphatic carbocycles. The molecule has 1 heterocycles. The van der Waals surface area contributed by atoms with E-state index in [1.54, 1.807) is 5.01 Å². The van der Waals surface area contributed by atoms with E-state index in [-0.39, 0.29) is 0 Å². The van der Waals surface area contributed by atoms with Gasteiger partial charge in [-0.05, 0) is 17.7 Å². The van der Waals surface area contributed by atoms with Crippen molar-refractivity contribution in [3.63, 3.8) is 0 Å². The first-order valence-electron chi connectivity index (χ1n) is 4.72. The highest BCUT2D eigenvalue weighted by Gasteiger charge is 2.09. The SMILES string of the molecule is O=C1N=CN=CN(Cc2ccc(Br)cc2Br)N1. The minimum absolute atomic E-state index is 0.435. The van der Waals surface area contributed by atoms with Gasteiger partial charge in [-0.15, -0.1) is 0 Å². The Hall–Kier alpha value is -1.21. The molecule has 1 N–H and O–H groups in total. The Morgan fingerprint density at radius 3 is 2.94 bits per heavy atom. The van der Waals surface area contributed by atoms with Crippen LogP contribution in [0, 0.1) is 0 Å². The molecular weight excluding hydrogens is 352 g/mol. The van der Waals surface area contributed by atoms with Crippen molar-refractivity contribution in [1.82, 2.24) is 10.4 Å². The van der Waals surface area contributed by atoms with E-state index in [1.807, 2.05) is 18.2 Å². The standard InChI is InChI=1S/C10H8Br2N4O/c11-8-2-1-7(9(12)3-8)4-16-6-13-5-14-10(17)15-16/h1-3,5-6H,4H2,(H,15,17). The molecule has 0 aromatic heterocycles. The lowest BCUT2D eigenvalue weighted by atomic mass is 10.2. The van der Waals surface area contributed by atoms with Crippen molar-refractivity contribution >= 4 is 50.6 Å². The highest BCUT2D eigenvalue weighted by molar-refractivity contribution is 9.11. The predicted molar refractivity (Wildman–Crippen MR) is 72.9 cm³/mol. The van der Waals surface area contributed by atoms with Crippen LogP contribution < -0.4 is 5.43 Å². The number of aliphatic imine (C=N–C) groups is 2. The number of hydrogen-bond donors (Lipinski definition) is 1. The van der Waals surface area contributed by atoms with Crippen molar-refractivity contribution in [3.05, 3.63) is 32.7 Å². The van der Waals surface area contributed by atoms with Crippen LogP contribution in [0.2, 0.25) is 0 Å². The zero-order valence-corrected chi connectivity index (χ0v) is 11.8. The topological polar surface area (TPSA) is 57.1 Å². The molecule has 1 aliphatic heterocycles. The van der Waals surface area contributed by atoms with Gasteiger partial charge in [0.25, 0.3) is 0 Å². The van der Waals surface area contributed by atoms with Gasteiger partial charge >= 0.3 is 6.03 Å². The van der Waals surface area contributed by atoms with E-state index in [9.17, 15) is 4.79 Å². The van der Waals surface area contributed by atoms with Crippen LogP contribution in [0.4, 0.5) is 4.79 Å². The van der Waals surface area contributed by atoms with Gasteiger partial charge < -0.3 is 0 Å². The molecule has 0 spiro atoms. The Morgan fingerprint density at radius 1 is 1.35 bits per heavy atom. The molecule has 0 bridgehead atoms. The number of hydrazine groups is 1. The molecule has 2 rings (SSSR count). The molecule has 5 nitrogen and oxygen atoms in total. The van der Waals surface area contributed by atoms with Gasteiger partial charge in [0.2, 0.25) is 0 Å². The first-order valence-corrected chi connectivity index (χ1v) is 6.31. The van der Waals surface area contributed by atoms with E-state index in [2.05, 4.69) is 47.3 Å². The van der Waals surface area contributed by atoms with Crippen LogP contribution in [-0.4, -0.2) is 23.7 Å². The summed E-state index contributed by atoms with van der Waals surface area (Å²) in [6.07, 6.45) is 2.73. The Morgan fingerprint density at radius 2 is 2.18 bits per heavy atom. The number of benzene rings is 1. The second-order valence-electron chi connectivity index (χ2n) is 3.29. The molecule has 0 fully saturated rings. The van der Waals surface area contributed by atoms with E-state index in [0.717, 1.165) is 14.5 Å². The first kappa shape index (κ1) is 12.3. The van der Waals surface area contributed by atoms with Gasteiger partial charge in [-0.2, -0.15) is 4.99 Å². The van der Waals surface area contributed by atoms with E-state index < -0.39 is 6.03 Å². The number of carbonyl (C=O) groups is 1. The number of nitrogens with one attached hydrogen (secondary N) is 1. The Kier molecular flexibility index (Phi) is 3.90. The molecular formula is C10H8Br2N4O. The van der Waals surface area contributed by atoms with Gasteiger partial charge in [-0.25, -0.2) is 15.2 Å². The molecule has 2 amide bonds. The zero-order chi connectivity index (χ0) is 12.3. The van der Waals surface area contributed by atoms with Crippen LogP contribution >= 0.6 is 31.9 Å². The van der Waals surface area contributed by atoms with Crippen LogP contribution in [0.5, 0.6) is 0 Å². The number of carbonyl (C=O) groups excluding carboxylic acids is 1. The second-order valence-corrected chi connectivity index (χ2v) is 5.06. The summed E-state index contributed by atoms with van der Waals surface area (Å²) < 4.78 is 1.95. The molecule has 0 unspecified atom stereocenters. The quantitative estimate of drug-likeness (QED) is 0.882. The average molecular weight is 360 g/mol. The molecule has 0 radical (unpaired) electrons. The predicted octanol–water partition coefficient (Wildman–Crippen LogP) is 2.71. The Labute approximate surface area is 115 Å². The van der Waals surface area contributed by atoms with Crippen LogP contribution in [0.15, 0.2) is 37.1 Å². The van der Waals surface area contributed by atoms with Gasteiger partial charge in [-0.1, -0.05) is 37.9 Å². The lowest BCUT2D eigenvalue weighted by molar-refractivity contribution is 0.226. The average Bonchev–Trinajstić information content (AvgIpc) is 2.47. The maximum Gasteiger partial charge on any atom is 0.361 e. The first-order chi connectivity index (χ1) is 8.15. The monoisotopic (exact) mass is 358 g/mol. The van der Waals surface area contributed by atoms with Crippen LogP contribution in [0.1, 0.15) is 5.56 Å². The summed E-state index contributed by atoms with van der Waals surface area (Å²) in [7, 11) is 0. The van der Waals surface area contributed by atoms with Crippen LogP contribution in [0.3, 0.4) is 0 Å². The second kappa shape index (κ2) is 5.42. The number of nitrogens with zero attached hydrogens (tertiary/aromatic N) is 3. The molecule has 1 aromatic carbocycles. The maximum atomic E-state index is 11.2. The summed E-state index contributed by atoms with van der Waals surface area (Å²) in [5.41, 5.74) is 3.61. The normalized spacial score (nSPS) is 14.7. The van der Waals surface area contributed by atoms with Crippen molar-refractivity contribution in [2.24, 2.45) is 9.98 Å². The van der Waals surface area contributed by atoms with Gasteiger partial charge in [0, 0.05) is 8.95 Å². The van der Waals surface area contributed by atoms with Crippen molar-refractivity contribution < 1.29 is 4.79 Å². The summed E-state index contributed by atoms with van der Waals surface area (Å²) in [6, 6.07) is 5.41. The fourth-order valence-corrected chi connectivity index (χ4v) is 2.46. The third-order valence-electron chi connectivity index (χ3n) is 2.04. The molecule has 7 heteroatoms. The smallest absolute Gasteiger partial charge is 0.269 e. The molecule has 0 saturated heterocycles. The number of amides is 2. The zero-order valence-electron chi connectivity index (χ0n) is 8.60. The third kappa shape index (κ3) is 3.37. The van der Waals surface area contributed by atoms with Crippen molar-refractivity contribution in [1.29, 1.82) is 0 Å². The molecule has 17 heavy (non-hydrogen) atoms. The van der Waals surface area contributed by atoms with Crippen LogP contribution in [0.25, 0.3) is 0 Å². The Bertz CT molecular complexity index is 501. The minimum Gasteiger partial charge on any atom is -0.269 e. The lowest BCUT2D eigenvalue weighted by Crippen LogP contribution is -2.38. The molecule has 0 atom stereocenters. The van der Waals surface area contributed by atoms with Crippen molar-refractivity contribution in [2.45, 2.75) is 6.54 Å². The lowest BCUT2D eigenvalue weighted by Gasteiger charge is -2.18. The molecule has 88 valence electrons. The number of rotatable bonds is 2. The fourth-order valence-electron chi connectivity index (χ4n) is 1.29. The van der Waals surface area contributed by atoms with Gasteiger partial charge in [-0.3, -0.25) is 5.01 Å². The summed E-state index contributed by atoms with van der Waals surface area (Å²) >= 11 is 6.85. The van der Waals surface area contributed by atoms with Crippen molar-refractivity contribution in [2.75, 3.05) is 0 Å². The molecule has 0 saturated carbocycles. The number of hydrogen-bond acceptors (Lipinski definition) is 3. The van der Waals surface area contributed by atoms with E-state index in [4.69, 9.17) is 0 Å². The highest BCUT2D eigenvalue weighted by Crippen LogP contribution is 2.22. The maximum absolute atomic E-state index is 11.2. The third-order valence-corrected chi connectivity index (χ3v) is 3.27. The van der Waals surface area contributed by atoms with E-state index >= 15 is 0 Å². The van der Waals surface area contributed by atoms with Crippen LogP contribution in [-0.2, 0) is 6.54 Å². The number of urea groups is 1. The van der Waals surface area contributed by atoms with E-state index in [1.165, 1.54) is 12.7 Å². The summed E-state index contributed by atoms with van der Waals surface area (Å²) in [4.78, 5) is 18.5. The van der Waals surface area contributed by atoms with Gasteiger partial charge in [0.1, 0.15) is 12.7 Å². The summed E-state index contributed by atoms with van der Waals surface area (Å²) in [6.45, 7) is 0.506. The van der Waals surface area contributed by atoms with Crippen molar-refractivity contribution in [3.8, 4) is 0 Å². The summed E-state index contributed by atoms with van der Waals surface area (Å²) in [5, 5.41) is 1.57. The largest absolute Gasteiger partial charge is 0.361 e. The fraction of sp³-hybridized carbons (Fsp3) is 0.100. The minimum atomic E-state index is -0.435. The Balaban J connectivity index is 2.12. The van der Waals surface area contributed by atoms with Gasteiger partial charge in [0.15, 0.2) is 0 Å². The highest BCUT2D eigenvalue weighted by atomic mass is 79.9. The molecule has 1 aromatic rings. The molecule has 1 aliphatic rings.